The minimum atomic E-state index is -1.74. The van der Waals surface area contributed by atoms with Crippen molar-refractivity contribution in [1.82, 2.24) is 15.6 Å². The van der Waals surface area contributed by atoms with E-state index >= 15 is 0 Å². The Kier molecular flexibility index (Phi) is 11.7. The van der Waals surface area contributed by atoms with Gasteiger partial charge in [-0.05, 0) is 79.3 Å². The van der Waals surface area contributed by atoms with Gasteiger partial charge in [0.15, 0.2) is 0 Å². The van der Waals surface area contributed by atoms with Crippen LogP contribution in [0.1, 0.15) is 80.0 Å². The molecular formula is C37H49N3O7. The molecule has 5 rings (SSSR count). The Morgan fingerprint density at radius 1 is 1.02 bits per heavy atom. The summed E-state index contributed by atoms with van der Waals surface area (Å²) in [5.74, 6) is 0.537. The predicted octanol–water partition coefficient (Wildman–Crippen LogP) is 3.20. The quantitative estimate of drug-likeness (QED) is 0.110. The number of hydrogen-bond donors (Lipinski definition) is 7. The number of carbonyl (C=O) groups excluding carboxylic acids is 1. The second-order valence-corrected chi connectivity index (χ2v) is 13.2. The Balaban J connectivity index is 1.29. The Morgan fingerprint density at radius 2 is 1.77 bits per heavy atom. The van der Waals surface area contributed by atoms with Crippen molar-refractivity contribution in [2.45, 2.75) is 107 Å². The third-order valence-electron chi connectivity index (χ3n) is 9.34. The number of carbonyl (C=O) groups is 1. The number of aromatic nitrogens is 1. The van der Waals surface area contributed by atoms with Gasteiger partial charge in [-0.2, -0.15) is 0 Å². The number of benzene rings is 2. The van der Waals surface area contributed by atoms with Gasteiger partial charge >= 0.3 is 0 Å². The van der Waals surface area contributed by atoms with Gasteiger partial charge in [-0.25, -0.2) is 0 Å². The maximum Gasteiger partial charge on any atom is 0.220 e. The van der Waals surface area contributed by atoms with Gasteiger partial charge in [-0.15, -0.1) is 0 Å². The van der Waals surface area contributed by atoms with Crippen LogP contribution in [-0.4, -0.2) is 80.1 Å². The SMILES string of the molecule is CCCC(CC(=O)NC[C@H](O)[C@@H](O)[C@H](O)[C@H](O)CO)c1ccc(C)cc1CNC1(c2cnccc2-c2ccccc2OC2CC2)CC1. The van der Waals surface area contributed by atoms with E-state index in [1.54, 1.807) is 0 Å². The van der Waals surface area contributed by atoms with Gasteiger partial charge in [0, 0.05) is 43.0 Å². The van der Waals surface area contributed by atoms with Crippen molar-refractivity contribution >= 4 is 5.91 Å². The fourth-order valence-corrected chi connectivity index (χ4v) is 6.30. The molecule has 0 aliphatic heterocycles. The number of amides is 1. The molecule has 7 N–H and O–H groups in total. The first-order chi connectivity index (χ1) is 22.7. The lowest BCUT2D eigenvalue weighted by Crippen LogP contribution is -2.49. The van der Waals surface area contributed by atoms with Gasteiger partial charge in [-0.1, -0.05) is 55.3 Å². The number of rotatable bonds is 18. The van der Waals surface area contributed by atoms with Crippen molar-refractivity contribution in [3.05, 3.63) is 83.2 Å². The molecule has 2 fully saturated rings. The van der Waals surface area contributed by atoms with E-state index in [-0.39, 0.29) is 30.3 Å². The highest BCUT2D eigenvalue weighted by atomic mass is 16.5. The molecule has 0 spiro atoms. The molecule has 254 valence electrons. The zero-order valence-electron chi connectivity index (χ0n) is 27.3. The molecule has 5 atom stereocenters. The molecule has 0 bridgehead atoms. The lowest BCUT2D eigenvalue weighted by Gasteiger charge is -2.26. The molecule has 10 heteroatoms. The molecular weight excluding hydrogens is 598 g/mol. The maximum atomic E-state index is 13.1. The highest BCUT2D eigenvalue weighted by molar-refractivity contribution is 5.77. The van der Waals surface area contributed by atoms with Gasteiger partial charge in [0.25, 0.3) is 0 Å². The Bertz CT molecular complexity index is 1490. The van der Waals surface area contributed by atoms with Crippen molar-refractivity contribution in [2.75, 3.05) is 13.2 Å². The number of aryl methyl sites for hydroxylation is 1. The average molecular weight is 648 g/mol. The van der Waals surface area contributed by atoms with Gasteiger partial charge in [0.2, 0.25) is 5.91 Å². The number of nitrogens with one attached hydrogen (secondary N) is 2. The smallest absolute Gasteiger partial charge is 0.220 e. The summed E-state index contributed by atoms with van der Waals surface area (Å²) in [6.07, 6.45) is 3.50. The van der Waals surface area contributed by atoms with E-state index in [1.165, 1.54) is 0 Å². The van der Waals surface area contributed by atoms with Gasteiger partial charge in [-0.3, -0.25) is 9.78 Å². The van der Waals surface area contributed by atoms with Gasteiger partial charge in [0.1, 0.15) is 24.1 Å². The Labute approximate surface area is 276 Å². The number of para-hydroxylation sites is 1. The number of aliphatic hydroxyl groups excluding tert-OH is 5. The van der Waals surface area contributed by atoms with Crippen LogP contribution in [0.2, 0.25) is 0 Å². The Hall–Kier alpha value is -3.38. The van der Waals surface area contributed by atoms with Gasteiger partial charge in [0.05, 0.1) is 18.8 Å². The number of hydrogen-bond acceptors (Lipinski definition) is 9. The van der Waals surface area contributed by atoms with Crippen LogP contribution in [0.4, 0.5) is 0 Å². The topological polar surface area (TPSA) is 164 Å². The molecule has 2 aliphatic carbocycles. The second-order valence-electron chi connectivity index (χ2n) is 13.2. The average Bonchev–Trinajstić information content (AvgIpc) is 4.03. The molecule has 1 heterocycles. The predicted molar refractivity (Wildman–Crippen MR) is 179 cm³/mol. The highest BCUT2D eigenvalue weighted by Gasteiger charge is 2.46. The maximum absolute atomic E-state index is 13.1. The number of ether oxygens (including phenoxy) is 1. The minimum absolute atomic E-state index is 0.0724. The summed E-state index contributed by atoms with van der Waals surface area (Å²) in [5.41, 5.74) is 6.48. The van der Waals surface area contributed by atoms with Gasteiger partial charge < -0.3 is 40.9 Å². The van der Waals surface area contributed by atoms with Crippen LogP contribution < -0.4 is 15.4 Å². The van der Waals surface area contributed by atoms with E-state index in [0.29, 0.717) is 12.6 Å². The largest absolute Gasteiger partial charge is 0.490 e. The summed E-state index contributed by atoms with van der Waals surface area (Å²) in [6.45, 7) is 3.69. The lowest BCUT2D eigenvalue weighted by atomic mass is 9.86. The number of aliphatic hydroxyl groups is 5. The zero-order valence-corrected chi connectivity index (χ0v) is 27.3. The molecule has 2 aliphatic rings. The molecule has 0 radical (unpaired) electrons. The van der Waals surface area contributed by atoms with Crippen molar-refractivity contribution in [3.8, 4) is 16.9 Å². The van der Waals surface area contributed by atoms with Crippen LogP contribution in [0.5, 0.6) is 5.75 Å². The molecule has 2 aromatic carbocycles. The first-order valence-corrected chi connectivity index (χ1v) is 16.8. The molecule has 0 saturated heterocycles. The van der Waals surface area contributed by atoms with Crippen molar-refractivity contribution < 1.29 is 35.1 Å². The van der Waals surface area contributed by atoms with E-state index in [2.05, 4.69) is 59.8 Å². The fraction of sp³-hybridized carbons (Fsp3) is 0.514. The van der Waals surface area contributed by atoms with Crippen LogP contribution in [0.3, 0.4) is 0 Å². The normalized spacial score (nSPS) is 18.5. The van der Waals surface area contributed by atoms with E-state index in [4.69, 9.17) is 9.84 Å². The zero-order chi connectivity index (χ0) is 33.6. The first-order valence-electron chi connectivity index (χ1n) is 16.8. The fourth-order valence-electron chi connectivity index (χ4n) is 6.30. The highest BCUT2D eigenvalue weighted by Crippen LogP contribution is 2.50. The van der Waals surface area contributed by atoms with Crippen LogP contribution in [0, 0.1) is 6.92 Å². The van der Waals surface area contributed by atoms with Crippen LogP contribution >= 0.6 is 0 Å². The summed E-state index contributed by atoms with van der Waals surface area (Å²) >= 11 is 0. The molecule has 2 saturated carbocycles. The first kappa shape index (κ1) is 34.9. The third-order valence-corrected chi connectivity index (χ3v) is 9.34. The monoisotopic (exact) mass is 647 g/mol. The van der Waals surface area contributed by atoms with E-state index in [0.717, 1.165) is 77.7 Å². The second kappa shape index (κ2) is 15.7. The summed E-state index contributed by atoms with van der Waals surface area (Å²) in [5, 5.41) is 55.4. The van der Waals surface area contributed by atoms with E-state index < -0.39 is 31.0 Å². The minimum Gasteiger partial charge on any atom is -0.490 e. The molecule has 1 amide bonds. The van der Waals surface area contributed by atoms with Crippen LogP contribution in [-0.2, 0) is 16.9 Å². The Morgan fingerprint density at radius 3 is 2.47 bits per heavy atom. The molecule has 1 unspecified atom stereocenters. The summed E-state index contributed by atoms with van der Waals surface area (Å²) in [4.78, 5) is 17.6. The summed E-state index contributed by atoms with van der Waals surface area (Å²) < 4.78 is 6.27. The number of nitrogens with zero attached hydrogens (tertiary/aromatic N) is 1. The summed E-state index contributed by atoms with van der Waals surface area (Å²) in [7, 11) is 0. The van der Waals surface area contributed by atoms with E-state index in [9.17, 15) is 25.2 Å². The third kappa shape index (κ3) is 8.76. The molecule has 1 aromatic heterocycles. The van der Waals surface area contributed by atoms with E-state index in [1.807, 2.05) is 30.6 Å². The number of pyridine rings is 1. The van der Waals surface area contributed by atoms with Crippen LogP contribution in [0.15, 0.2) is 60.9 Å². The molecule has 10 nitrogen and oxygen atoms in total. The summed E-state index contributed by atoms with van der Waals surface area (Å²) in [6, 6.07) is 16.6. The molecule has 47 heavy (non-hydrogen) atoms. The standard InChI is InChI=1S/C37H49N3O7/c1-3-6-24(18-34(44)39-21-31(42)35(45)36(46)32(43)22-41)27-12-9-23(2)17-25(27)19-40-37(14-15-37)30-20-38-16-13-28(30)29-7-4-5-8-33(29)47-26-10-11-26/h4-5,7-9,12-13,16-17,20,24,26,31-32,35-36,40-43,45-46H,3,6,10-11,14-15,18-19,21-22H2,1-2H3,(H,39,44)/t24?,31-,32+,35+,36+/m0/s1. The molecule has 3 aromatic rings. The lowest BCUT2D eigenvalue weighted by molar-refractivity contribution is -0.126. The van der Waals surface area contributed by atoms with Crippen LogP contribution in [0.25, 0.3) is 11.1 Å². The van der Waals surface area contributed by atoms with Crippen molar-refractivity contribution in [3.63, 3.8) is 0 Å². The van der Waals surface area contributed by atoms with Crippen molar-refractivity contribution in [1.29, 1.82) is 0 Å². The van der Waals surface area contributed by atoms with Crippen molar-refractivity contribution in [2.24, 2.45) is 0 Å².